The number of carbonyl (C=O) groups excluding carboxylic acids is 2. The number of rotatable bonds is 5. The molecule has 1 saturated heterocycles. The van der Waals surface area contributed by atoms with Crippen molar-refractivity contribution < 1.29 is 14.3 Å². The Morgan fingerprint density at radius 1 is 1.36 bits per heavy atom. The van der Waals surface area contributed by atoms with E-state index in [1.165, 1.54) is 0 Å². The van der Waals surface area contributed by atoms with Gasteiger partial charge < -0.3 is 15.0 Å². The van der Waals surface area contributed by atoms with Gasteiger partial charge in [-0.2, -0.15) is 0 Å². The lowest BCUT2D eigenvalue weighted by molar-refractivity contribution is -0.134. The highest BCUT2D eigenvalue weighted by molar-refractivity contribution is 5.80. The molecular formula is C17H24N2O3. The molecule has 5 nitrogen and oxygen atoms in total. The Bertz CT molecular complexity index is 530. The molecule has 1 aromatic rings. The van der Waals surface area contributed by atoms with Crippen LogP contribution in [0.15, 0.2) is 24.3 Å². The minimum absolute atomic E-state index is 0.0306. The normalized spacial score (nSPS) is 18.1. The Labute approximate surface area is 131 Å². The number of piperidine rings is 1. The number of nitrogens with zero attached hydrogens (tertiary/aromatic N) is 1. The number of nitrogens with one attached hydrogen (secondary N) is 1. The van der Waals surface area contributed by atoms with Crippen LogP contribution in [0.2, 0.25) is 0 Å². The predicted molar refractivity (Wildman–Crippen MR) is 84.0 cm³/mol. The minimum Gasteiger partial charge on any atom is -0.380 e. The van der Waals surface area contributed by atoms with Crippen molar-refractivity contribution in [2.45, 2.75) is 32.9 Å². The molecule has 0 spiro atoms. The molecule has 1 aromatic carbocycles. The maximum atomic E-state index is 12.3. The smallest absolute Gasteiger partial charge is 0.225 e. The van der Waals surface area contributed by atoms with E-state index >= 15 is 0 Å². The lowest BCUT2D eigenvalue weighted by Crippen LogP contribution is -2.44. The van der Waals surface area contributed by atoms with Gasteiger partial charge in [0.1, 0.15) is 0 Å². The van der Waals surface area contributed by atoms with Crippen LogP contribution >= 0.6 is 0 Å². The highest BCUT2D eigenvalue weighted by atomic mass is 16.5. The number of amides is 2. The number of benzene rings is 1. The van der Waals surface area contributed by atoms with Gasteiger partial charge in [-0.3, -0.25) is 9.59 Å². The van der Waals surface area contributed by atoms with Crippen molar-refractivity contribution in [2.24, 2.45) is 5.92 Å². The first-order valence-corrected chi connectivity index (χ1v) is 7.70. The standard InChI is InChI=1S/C17H24N2O3/c1-13(20)19-8-4-7-16(11-19)17(21)18-10-14-5-3-6-15(9-14)12-22-2/h3,5-6,9,16H,4,7-8,10-12H2,1-2H3,(H,18,21). The number of methoxy groups -OCH3 is 1. The molecule has 0 radical (unpaired) electrons. The summed E-state index contributed by atoms with van der Waals surface area (Å²) in [6.45, 7) is 3.93. The van der Waals surface area contributed by atoms with E-state index in [1.54, 1.807) is 18.9 Å². The van der Waals surface area contributed by atoms with Crippen LogP contribution in [0.5, 0.6) is 0 Å². The first kappa shape index (κ1) is 16.5. The molecule has 5 heteroatoms. The maximum absolute atomic E-state index is 12.3. The van der Waals surface area contributed by atoms with Gasteiger partial charge in [0.15, 0.2) is 0 Å². The summed E-state index contributed by atoms with van der Waals surface area (Å²) < 4.78 is 5.11. The third-order valence-corrected chi connectivity index (χ3v) is 4.01. The summed E-state index contributed by atoms with van der Waals surface area (Å²) in [6.07, 6.45) is 1.74. The Hall–Kier alpha value is -1.88. The molecule has 0 bridgehead atoms. The molecule has 0 saturated carbocycles. The van der Waals surface area contributed by atoms with Crippen molar-refractivity contribution >= 4 is 11.8 Å². The van der Waals surface area contributed by atoms with Crippen LogP contribution in [-0.4, -0.2) is 36.9 Å². The summed E-state index contributed by atoms with van der Waals surface area (Å²) in [6, 6.07) is 7.99. The Morgan fingerprint density at radius 3 is 2.86 bits per heavy atom. The molecule has 1 aliphatic heterocycles. The lowest BCUT2D eigenvalue weighted by Gasteiger charge is -2.31. The highest BCUT2D eigenvalue weighted by Gasteiger charge is 2.26. The van der Waals surface area contributed by atoms with Crippen LogP contribution in [0.4, 0.5) is 0 Å². The lowest BCUT2D eigenvalue weighted by atomic mass is 9.97. The Balaban J connectivity index is 1.87. The molecule has 2 amide bonds. The van der Waals surface area contributed by atoms with Crippen LogP contribution in [0.25, 0.3) is 0 Å². The largest absolute Gasteiger partial charge is 0.380 e. The fourth-order valence-electron chi connectivity index (χ4n) is 2.81. The molecule has 1 fully saturated rings. The number of carbonyl (C=O) groups is 2. The van der Waals surface area contributed by atoms with Crippen molar-refractivity contribution in [2.75, 3.05) is 20.2 Å². The quantitative estimate of drug-likeness (QED) is 0.901. The van der Waals surface area contributed by atoms with E-state index in [1.807, 2.05) is 24.3 Å². The fourth-order valence-corrected chi connectivity index (χ4v) is 2.81. The molecule has 2 rings (SSSR count). The van der Waals surface area contributed by atoms with Gasteiger partial charge >= 0.3 is 0 Å². The van der Waals surface area contributed by atoms with Crippen LogP contribution in [-0.2, 0) is 27.5 Å². The molecule has 0 aliphatic carbocycles. The molecule has 1 atom stereocenters. The predicted octanol–water partition coefficient (Wildman–Crippen LogP) is 1.71. The second-order valence-electron chi connectivity index (χ2n) is 5.77. The fraction of sp³-hybridized carbons (Fsp3) is 0.529. The van der Waals surface area contributed by atoms with Gasteiger partial charge in [0.2, 0.25) is 11.8 Å². The average Bonchev–Trinajstić information content (AvgIpc) is 2.53. The molecule has 1 heterocycles. The van der Waals surface area contributed by atoms with E-state index < -0.39 is 0 Å². The van der Waals surface area contributed by atoms with Gasteiger partial charge in [-0.05, 0) is 24.0 Å². The molecule has 120 valence electrons. The Kier molecular flexibility index (Phi) is 5.95. The second-order valence-corrected chi connectivity index (χ2v) is 5.77. The molecule has 0 aromatic heterocycles. The molecular weight excluding hydrogens is 280 g/mol. The number of likely N-dealkylation sites (tertiary alicyclic amines) is 1. The van der Waals surface area contributed by atoms with Crippen LogP contribution in [0.3, 0.4) is 0 Å². The molecule has 22 heavy (non-hydrogen) atoms. The van der Waals surface area contributed by atoms with Gasteiger partial charge in [-0.25, -0.2) is 0 Å². The summed E-state index contributed by atoms with van der Waals surface area (Å²) in [5, 5.41) is 2.98. The zero-order valence-corrected chi connectivity index (χ0v) is 13.3. The van der Waals surface area contributed by atoms with Crippen LogP contribution < -0.4 is 5.32 Å². The van der Waals surface area contributed by atoms with Gasteiger partial charge in [-0.1, -0.05) is 24.3 Å². The second kappa shape index (κ2) is 7.94. The zero-order valence-electron chi connectivity index (χ0n) is 13.3. The van der Waals surface area contributed by atoms with Crippen molar-refractivity contribution in [3.05, 3.63) is 35.4 Å². The molecule has 1 aliphatic rings. The van der Waals surface area contributed by atoms with Crippen molar-refractivity contribution in [1.82, 2.24) is 10.2 Å². The number of ether oxygens (including phenoxy) is 1. The number of hydrogen-bond donors (Lipinski definition) is 1. The first-order chi connectivity index (χ1) is 10.6. The SMILES string of the molecule is COCc1cccc(CNC(=O)C2CCCN(C(C)=O)C2)c1. The van der Waals surface area contributed by atoms with E-state index in [0.717, 1.165) is 30.5 Å². The summed E-state index contributed by atoms with van der Waals surface area (Å²) >= 11 is 0. The topological polar surface area (TPSA) is 58.6 Å². The maximum Gasteiger partial charge on any atom is 0.225 e. The van der Waals surface area contributed by atoms with Gasteiger partial charge in [0.05, 0.1) is 12.5 Å². The third kappa shape index (κ3) is 4.56. The van der Waals surface area contributed by atoms with E-state index in [4.69, 9.17) is 4.74 Å². The van der Waals surface area contributed by atoms with Crippen molar-refractivity contribution in [3.63, 3.8) is 0 Å². The zero-order chi connectivity index (χ0) is 15.9. The average molecular weight is 304 g/mol. The number of hydrogen-bond acceptors (Lipinski definition) is 3. The van der Waals surface area contributed by atoms with Crippen molar-refractivity contribution in [1.29, 1.82) is 0 Å². The summed E-state index contributed by atoms with van der Waals surface area (Å²) in [5.41, 5.74) is 2.15. The van der Waals surface area contributed by atoms with Crippen LogP contribution in [0.1, 0.15) is 30.9 Å². The highest BCUT2D eigenvalue weighted by Crippen LogP contribution is 2.17. The Morgan fingerprint density at radius 2 is 2.14 bits per heavy atom. The summed E-state index contributed by atoms with van der Waals surface area (Å²) in [4.78, 5) is 25.5. The third-order valence-electron chi connectivity index (χ3n) is 4.01. The summed E-state index contributed by atoms with van der Waals surface area (Å²) in [5.74, 6) is -0.0207. The van der Waals surface area contributed by atoms with E-state index in [9.17, 15) is 9.59 Å². The van der Waals surface area contributed by atoms with Crippen molar-refractivity contribution in [3.8, 4) is 0 Å². The van der Waals surface area contributed by atoms with Crippen LogP contribution in [0, 0.1) is 5.92 Å². The van der Waals surface area contributed by atoms with Gasteiger partial charge in [-0.15, -0.1) is 0 Å². The molecule has 1 unspecified atom stereocenters. The van der Waals surface area contributed by atoms with E-state index in [2.05, 4.69) is 5.32 Å². The van der Waals surface area contributed by atoms with Gasteiger partial charge in [0.25, 0.3) is 0 Å². The monoisotopic (exact) mass is 304 g/mol. The van der Waals surface area contributed by atoms with E-state index in [0.29, 0.717) is 19.7 Å². The first-order valence-electron chi connectivity index (χ1n) is 7.70. The minimum atomic E-state index is -0.0974. The molecule has 1 N–H and O–H groups in total. The van der Waals surface area contributed by atoms with E-state index in [-0.39, 0.29) is 17.7 Å². The summed E-state index contributed by atoms with van der Waals surface area (Å²) in [7, 11) is 1.66. The van der Waals surface area contributed by atoms with Gasteiger partial charge in [0, 0.05) is 33.7 Å².